The molecule has 1 aromatic heterocycles. The molecule has 3 N–H and O–H groups in total. The van der Waals surface area contributed by atoms with Gasteiger partial charge in [-0.3, -0.25) is 14.4 Å². The largest absolute Gasteiger partial charge is 0.321 e. The maximum absolute atomic E-state index is 14.5. The first-order chi connectivity index (χ1) is 21.8. The van der Waals surface area contributed by atoms with Gasteiger partial charge in [0.05, 0.1) is 16.5 Å². The van der Waals surface area contributed by atoms with Crippen LogP contribution in [0.25, 0.3) is 17.3 Å². The van der Waals surface area contributed by atoms with E-state index in [2.05, 4.69) is 20.9 Å². The highest BCUT2D eigenvalue weighted by Crippen LogP contribution is 2.30. The molecule has 0 aliphatic rings. The van der Waals surface area contributed by atoms with Gasteiger partial charge in [0.2, 0.25) is 5.91 Å². The van der Waals surface area contributed by atoms with Crippen LogP contribution in [0.3, 0.4) is 0 Å². The van der Waals surface area contributed by atoms with E-state index in [0.717, 1.165) is 10.5 Å². The van der Waals surface area contributed by atoms with Crippen LogP contribution in [0.2, 0.25) is 10.0 Å². The number of nitrogens with zero attached hydrogens (tertiary/aromatic N) is 1. The molecular formula is C33H23Cl2FN4O3S2. The highest BCUT2D eigenvalue weighted by atomic mass is 35.5. The Hall–Kier alpha value is -4.48. The summed E-state index contributed by atoms with van der Waals surface area (Å²) in [4.78, 5) is 43.9. The molecular weight excluding hydrogens is 654 g/mol. The molecule has 0 saturated carbocycles. The van der Waals surface area contributed by atoms with Gasteiger partial charge in [0.1, 0.15) is 11.5 Å². The second-order valence-corrected chi connectivity index (χ2v) is 12.1. The molecule has 1 heterocycles. The van der Waals surface area contributed by atoms with Crippen LogP contribution in [0.4, 0.5) is 15.2 Å². The van der Waals surface area contributed by atoms with Gasteiger partial charge < -0.3 is 16.0 Å². The fourth-order valence-electron chi connectivity index (χ4n) is 4.00. The van der Waals surface area contributed by atoms with E-state index in [-0.39, 0.29) is 27.9 Å². The minimum atomic E-state index is -0.682. The Labute approximate surface area is 276 Å². The minimum absolute atomic E-state index is 0.0412. The van der Waals surface area contributed by atoms with Gasteiger partial charge in [-0.05, 0) is 60.7 Å². The summed E-state index contributed by atoms with van der Waals surface area (Å²) in [5.74, 6) is -1.98. The topological polar surface area (TPSA) is 100 Å². The zero-order valence-corrected chi connectivity index (χ0v) is 26.4. The van der Waals surface area contributed by atoms with E-state index in [4.69, 9.17) is 23.2 Å². The van der Waals surface area contributed by atoms with Gasteiger partial charge in [-0.25, -0.2) is 9.37 Å². The number of nitrogens with one attached hydrogen (secondary N) is 3. The average Bonchev–Trinajstić information content (AvgIpc) is 3.50. The molecule has 7 nitrogen and oxygen atoms in total. The summed E-state index contributed by atoms with van der Waals surface area (Å²) in [6.07, 6.45) is 1.19. The van der Waals surface area contributed by atoms with Crippen molar-refractivity contribution in [1.29, 1.82) is 0 Å². The lowest BCUT2D eigenvalue weighted by molar-refractivity contribution is -0.114. The quantitative estimate of drug-likeness (QED) is 0.102. The molecule has 0 atom stereocenters. The fraction of sp³-hybridized carbons (Fsp3) is 0.0303. The van der Waals surface area contributed by atoms with E-state index in [1.165, 1.54) is 47.4 Å². The van der Waals surface area contributed by atoms with Crippen molar-refractivity contribution in [3.63, 3.8) is 0 Å². The highest BCUT2D eigenvalue weighted by molar-refractivity contribution is 8.00. The number of thiazole rings is 1. The molecule has 0 spiro atoms. The molecule has 3 amide bonds. The molecule has 0 unspecified atom stereocenters. The maximum atomic E-state index is 14.5. The number of amides is 3. The summed E-state index contributed by atoms with van der Waals surface area (Å²) in [5, 5.41) is 11.0. The Kier molecular flexibility index (Phi) is 10.6. The molecule has 0 aliphatic heterocycles. The predicted molar refractivity (Wildman–Crippen MR) is 180 cm³/mol. The highest BCUT2D eigenvalue weighted by Gasteiger charge is 2.17. The lowest BCUT2D eigenvalue weighted by atomic mass is 10.1. The summed E-state index contributed by atoms with van der Waals surface area (Å²) in [6.45, 7) is 0. The predicted octanol–water partition coefficient (Wildman–Crippen LogP) is 8.40. The lowest BCUT2D eigenvalue weighted by Gasteiger charge is -2.12. The van der Waals surface area contributed by atoms with Crippen molar-refractivity contribution in [2.24, 2.45) is 0 Å². The third-order valence-electron chi connectivity index (χ3n) is 6.20. The molecule has 0 fully saturated rings. The molecule has 0 bridgehead atoms. The van der Waals surface area contributed by atoms with Crippen molar-refractivity contribution < 1.29 is 18.8 Å². The number of rotatable bonds is 10. The van der Waals surface area contributed by atoms with Crippen molar-refractivity contribution in [1.82, 2.24) is 10.3 Å². The van der Waals surface area contributed by atoms with Crippen LogP contribution in [-0.2, 0) is 9.59 Å². The van der Waals surface area contributed by atoms with Gasteiger partial charge in [0.15, 0.2) is 5.13 Å². The van der Waals surface area contributed by atoms with Crippen LogP contribution in [0, 0.1) is 5.82 Å². The van der Waals surface area contributed by atoms with E-state index in [1.54, 1.807) is 60.7 Å². The number of carbonyl (C=O) groups excluding carboxylic acids is 3. The molecule has 0 saturated heterocycles. The minimum Gasteiger partial charge on any atom is -0.321 e. The number of benzene rings is 4. The molecule has 0 aliphatic carbocycles. The van der Waals surface area contributed by atoms with E-state index in [0.29, 0.717) is 27.1 Å². The Morgan fingerprint density at radius 3 is 2.29 bits per heavy atom. The normalized spacial score (nSPS) is 11.1. The van der Waals surface area contributed by atoms with Gasteiger partial charge in [-0.2, -0.15) is 0 Å². The summed E-state index contributed by atoms with van der Waals surface area (Å²) in [6, 6.07) is 26.6. The van der Waals surface area contributed by atoms with Crippen LogP contribution < -0.4 is 16.0 Å². The number of hydrogen-bond donors (Lipinski definition) is 3. The third-order valence-corrected chi connectivity index (χ3v) is 8.63. The van der Waals surface area contributed by atoms with Crippen molar-refractivity contribution >= 4 is 80.9 Å². The third kappa shape index (κ3) is 8.58. The molecule has 226 valence electrons. The first-order valence-corrected chi connectivity index (χ1v) is 16.0. The fourth-order valence-corrected chi connectivity index (χ4v) is 5.87. The second-order valence-electron chi connectivity index (χ2n) is 9.35. The van der Waals surface area contributed by atoms with Gasteiger partial charge in [0, 0.05) is 37.7 Å². The monoisotopic (exact) mass is 676 g/mol. The zero-order chi connectivity index (χ0) is 31.8. The van der Waals surface area contributed by atoms with Crippen molar-refractivity contribution in [3.05, 3.63) is 135 Å². The van der Waals surface area contributed by atoms with E-state index in [1.807, 2.05) is 23.6 Å². The molecule has 4 aromatic carbocycles. The zero-order valence-electron chi connectivity index (χ0n) is 23.2. The van der Waals surface area contributed by atoms with Crippen LogP contribution in [-0.4, -0.2) is 28.5 Å². The maximum Gasteiger partial charge on any atom is 0.272 e. The number of halogens is 3. The lowest BCUT2D eigenvalue weighted by Crippen LogP contribution is -2.30. The van der Waals surface area contributed by atoms with Gasteiger partial charge in [-0.15, -0.1) is 23.1 Å². The van der Waals surface area contributed by atoms with E-state index < -0.39 is 17.6 Å². The molecule has 12 heteroatoms. The van der Waals surface area contributed by atoms with E-state index >= 15 is 0 Å². The van der Waals surface area contributed by atoms with Gasteiger partial charge >= 0.3 is 0 Å². The number of anilines is 2. The summed E-state index contributed by atoms with van der Waals surface area (Å²) >= 11 is 15.0. The first-order valence-electron chi connectivity index (χ1n) is 13.3. The number of aromatic nitrogens is 1. The van der Waals surface area contributed by atoms with E-state index in [9.17, 15) is 18.8 Å². The van der Waals surface area contributed by atoms with Crippen LogP contribution in [0.5, 0.6) is 0 Å². The summed E-state index contributed by atoms with van der Waals surface area (Å²) in [5.41, 5.74) is 1.96. The molecule has 0 radical (unpaired) electrons. The summed E-state index contributed by atoms with van der Waals surface area (Å²) < 4.78 is 14.5. The smallest absolute Gasteiger partial charge is 0.272 e. The van der Waals surface area contributed by atoms with Crippen molar-refractivity contribution in [3.8, 4) is 11.3 Å². The number of carbonyl (C=O) groups is 3. The summed E-state index contributed by atoms with van der Waals surface area (Å²) in [7, 11) is 0. The number of hydrogen-bond acceptors (Lipinski definition) is 6. The van der Waals surface area contributed by atoms with Crippen LogP contribution >= 0.6 is 46.3 Å². The second kappa shape index (κ2) is 15.0. The standard InChI is InChI=1S/C33H23Cl2FN4O3S2/c34-25-10-5-4-9-23(25)29-18-45-33(39-29)40-30(41)19-44-22-15-13-21(14-16-22)37-32(43)28(17-24-26(35)11-6-12-27(24)36)38-31(42)20-7-2-1-3-8-20/h1-18H,19H2,(H,37,43)(H,38,42)(H,39,40,41)/b28-17-. The Morgan fingerprint density at radius 2 is 1.56 bits per heavy atom. The van der Waals surface area contributed by atoms with Crippen LogP contribution in [0.1, 0.15) is 15.9 Å². The van der Waals surface area contributed by atoms with Crippen LogP contribution in [0.15, 0.2) is 113 Å². The molecule has 45 heavy (non-hydrogen) atoms. The van der Waals surface area contributed by atoms with Gasteiger partial charge in [-0.1, -0.05) is 65.7 Å². The van der Waals surface area contributed by atoms with Crippen molar-refractivity contribution in [2.75, 3.05) is 16.4 Å². The Bertz CT molecular complexity index is 1860. The molecule has 5 aromatic rings. The number of thioether (sulfide) groups is 1. The van der Waals surface area contributed by atoms with Gasteiger partial charge in [0.25, 0.3) is 11.8 Å². The Balaban J connectivity index is 1.21. The first kappa shape index (κ1) is 31.9. The molecule has 5 rings (SSSR count). The average molecular weight is 678 g/mol. The Morgan fingerprint density at radius 1 is 0.844 bits per heavy atom. The SMILES string of the molecule is O=C(CSc1ccc(NC(=O)/C(=C/c2c(F)cccc2Cl)NC(=O)c2ccccc2)cc1)Nc1nc(-c2ccccc2Cl)cs1. The van der Waals surface area contributed by atoms with Crippen molar-refractivity contribution in [2.45, 2.75) is 4.90 Å².